The number of thiophene rings is 1. The minimum absolute atomic E-state index is 0.00913. The number of nitrogens with zero attached hydrogens (tertiary/aromatic N) is 3. The molecule has 0 aliphatic rings. The molecule has 0 aliphatic heterocycles. The van der Waals surface area contributed by atoms with Gasteiger partial charge in [-0.15, -0.1) is 11.3 Å². The molecule has 21 heavy (non-hydrogen) atoms. The van der Waals surface area contributed by atoms with Crippen LogP contribution >= 0.6 is 11.3 Å². The van der Waals surface area contributed by atoms with Crippen molar-refractivity contribution >= 4 is 28.8 Å². The second-order valence-electron chi connectivity index (χ2n) is 4.70. The van der Waals surface area contributed by atoms with Gasteiger partial charge in [-0.25, -0.2) is 4.98 Å². The SMILES string of the molecule is CCc1sc(C(C)Nc2ncc([N+](=O)[O-])c(N)n2)cc1C. The van der Waals surface area contributed by atoms with E-state index in [9.17, 15) is 10.1 Å². The van der Waals surface area contributed by atoms with Gasteiger partial charge >= 0.3 is 5.69 Å². The average Bonchev–Trinajstić information content (AvgIpc) is 2.79. The van der Waals surface area contributed by atoms with E-state index in [2.05, 4.69) is 35.2 Å². The van der Waals surface area contributed by atoms with Crippen molar-refractivity contribution in [1.29, 1.82) is 0 Å². The quantitative estimate of drug-likeness (QED) is 0.649. The van der Waals surface area contributed by atoms with Gasteiger partial charge in [0, 0.05) is 9.75 Å². The zero-order valence-electron chi connectivity index (χ0n) is 12.1. The van der Waals surface area contributed by atoms with Crippen molar-refractivity contribution in [3.8, 4) is 0 Å². The summed E-state index contributed by atoms with van der Waals surface area (Å²) in [4.78, 5) is 20.5. The number of rotatable bonds is 5. The normalized spacial score (nSPS) is 12.1. The first kappa shape index (κ1) is 15.2. The van der Waals surface area contributed by atoms with Crippen molar-refractivity contribution in [2.75, 3.05) is 11.1 Å². The van der Waals surface area contributed by atoms with Crippen LogP contribution in [0.15, 0.2) is 12.3 Å². The number of hydrogen-bond acceptors (Lipinski definition) is 7. The van der Waals surface area contributed by atoms with Crippen molar-refractivity contribution < 1.29 is 4.92 Å². The van der Waals surface area contributed by atoms with Crippen LogP contribution in [0.1, 0.15) is 35.2 Å². The maximum atomic E-state index is 10.7. The lowest BCUT2D eigenvalue weighted by atomic mass is 10.2. The minimum atomic E-state index is -0.599. The van der Waals surface area contributed by atoms with Gasteiger partial charge in [-0.2, -0.15) is 4.98 Å². The fourth-order valence-electron chi connectivity index (χ4n) is 1.97. The van der Waals surface area contributed by atoms with E-state index in [4.69, 9.17) is 5.73 Å². The Labute approximate surface area is 126 Å². The van der Waals surface area contributed by atoms with Crippen molar-refractivity contribution in [3.05, 3.63) is 37.7 Å². The molecule has 2 aromatic heterocycles. The summed E-state index contributed by atoms with van der Waals surface area (Å²) in [6.45, 7) is 6.21. The second-order valence-corrected chi connectivity index (χ2v) is 5.86. The lowest BCUT2D eigenvalue weighted by Gasteiger charge is -2.12. The number of hydrogen-bond donors (Lipinski definition) is 2. The van der Waals surface area contributed by atoms with Gasteiger partial charge in [-0.05, 0) is 31.9 Å². The van der Waals surface area contributed by atoms with Crippen LogP contribution in [-0.2, 0) is 6.42 Å². The van der Waals surface area contributed by atoms with Gasteiger partial charge < -0.3 is 11.1 Å². The minimum Gasteiger partial charge on any atom is -0.378 e. The summed E-state index contributed by atoms with van der Waals surface area (Å²) in [5, 5.41) is 13.8. The molecule has 1 unspecified atom stereocenters. The van der Waals surface area contributed by atoms with E-state index in [0.717, 1.165) is 12.6 Å². The predicted molar refractivity (Wildman–Crippen MR) is 83.6 cm³/mol. The molecule has 0 bridgehead atoms. The molecule has 0 radical (unpaired) electrons. The van der Waals surface area contributed by atoms with Crippen LogP contribution < -0.4 is 11.1 Å². The van der Waals surface area contributed by atoms with Crippen molar-refractivity contribution in [2.24, 2.45) is 0 Å². The highest BCUT2D eigenvalue weighted by atomic mass is 32.1. The van der Waals surface area contributed by atoms with E-state index in [1.54, 1.807) is 11.3 Å². The number of anilines is 2. The first-order valence-electron chi connectivity index (χ1n) is 6.55. The molecule has 0 saturated carbocycles. The van der Waals surface area contributed by atoms with Crippen LogP contribution in [0.2, 0.25) is 0 Å². The Kier molecular flexibility index (Phi) is 4.37. The van der Waals surface area contributed by atoms with E-state index < -0.39 is 4.92 Å². The summed E-state index contributed by atoms with van der Waals surface area (Å²) < 4.78 is 0. The summed E-state index contributed by atoms with van der Waals surface area (Å²) in [6.07, 6.45) is 2.12. The first-order valence-corrected chi connectivity index (χ1v) is 7.36. The maximum Gasteiger partial charge on any atom is 0.329 e. The maximum absolute atomic E-state index is 10.7. The molecule has 2 heterocycles. The van der Waals surface area contributed by atoms with Crippen molar-refractivity contribution in [3.63, 3.8) is 0 Å². The number of nitrogens with one attached hydrogen (secondary N) is 1. The molecule has 112 valence electrons. The monoisotopic (exact) mass is 307 g/mol. The number of nitrogen functional groups attached to an aromatic ring is 1. The Balaban J connectivity index is 2.17. The molecule has 0 aromatic carbocycles. The fourth-order valence-corrected chi connectivity index (χ4v) is 3.09. The molecule has 8 heteroatoms. The number of aromatic nitrogens is 2. The average molecular weight is 307 g/mol. The molecule has 1 atom stereocenters. The number of nitrogens with two attached hydrogens (primary N) is 1. The van der Waals surface area contributed by atoms with Crippen LogP contribution in [0.3, 0.4) is 0 Å². The second kappa shape index (κ2) is 6.04. The van der Waals surface area contributed by atoms with E-state index in [0.29, 0.717) is 0 Å². The fraction of sp³-hybridized carbons (Fsp3) is 0.385. The third-order valence-electron chi connectivity index (χ3n) is 3.13. The highest BCUT2D eigenvalue weighted by Gasteiger charge is 2.16. The largest absolute Gasteiger partial charge is 0.378 e. The summed E-state index contributed by atoms with van der Waals surface area (Å²) in [5.74, 6) is 0.149. The lowest BCUT2D eigenvalue weighted by Crippen LogP contribution is -2.10. The lowest BCUT2D eigenvalue weighted by molar-refractivity contribution is -0.384. The van der Waals surface area contributed by atoms with Gasteiger partial charge in [-0.3, -0.25) is 10.1 Å². The van der Waals surface area contributed by atoms with Crippen LogP contribution in [0.25, 0.3) is 0 Å². The van der Waals surface area contributed by atoms with Gasteiger partial charge in [0.2, 0.25) is 11.8 Å². The van der Waals surface area contributed by atoms with Gasteiger partial charge in [0.1, 0.15) is 6.20 Å². The van der Waals surface area contributed by atoms with Gasteiger partial charge in [0.15, 0.2) is 0 Å². The molecule has 0 aliphatic carbocycles. The molecule has 7 nitrogen and oxygen atoms in total. The number of nitro groups is 1. The Morgan fingerprint density at radius 1 is 1.57 bits per heavy atom. The summed E-state index contributed by atoms with van der Waals surface area (Å²) >= 11 is 1.74. The van der Waals surface area contributed by atoms with Crippen LogP contribution in [0.5, 0.6) is 0 Å². The molecule has 2 aromatic rings. The summed E-state index contributed by atoms with van der Waals surface area (Å²) in [7, 11) is 0. The van der Waals surface area contributed by atoms with Crippen LogP contribution in [0.4, 0.5) is 17.5 Å². The summed E-state index contributed by atoms with van der Waals surface area (Å²) in [6, 6.07) is 2.14. The van der Waals surface area contributed by atoms with E-state index in [-0.39, 0.29) is 23.5 Å². The Hall–Kier alpha value is -2.22. The Morgan fingerprint density at radius 3 is 2.81 bits per heavy atom. The zero-order valence-corrected chi connectivity index (χ0v) is 12.9. The molecular formula is C13H17N5O2S. The highest BCUT2D eigenvalue weighted by Crippen LogP contribution is 2.29. The standard InChI is InChI=1S/C13H17N5O2S/c1-4-10-7(2)5-11(21-10)8(3)16-13-15-6-9(18(19)20)12(14)17-13/h5-6,8H,4H2,1-3H3,(H3,14,15,16,17). The third kappa shape index (κ3) is 3.27. The van der Waals surface area contributed by atoms with Crippen LogP contribution in [-0.4, -0.2) is 14.9 Å². The number of aryl methyl sites for hydroxylation is 2. The molecule has 3 N–H and O–H groups in total. The molecule has 0 fully saturated rings. The predicted octanol–water partition coefficient (Wildman–Crippen LogP) is 3.07. The molecule has 0 saturated heterocycles. The van der Waals surface area contributed by atoms with E-state index in [1.807, 2.05) is 6.92 Å². The molecule has 0 amide bonds. The molecule has 2 rings (SSSR count). The third-order valence-corrected chi connectivity index (χ3v) is 4.69. The Morgan fingerprint density at radius 2 is 2.29 bits per heavy atom. The van der Waals surface area contributed by atoms with E-state index in [1.165, 1.54) is 15.3 Å². The smallest absolute Gasteiger partial charge is 0.329 e. The van der Waals surface area contributed by atoms with Crippen molar-refractivity contribution in [2.45, 2.75) is 33.2 Å². The first-order chi connectivity index (χ1) is 9.92. The summed E-state index contributed by atoms with van der Waals surface area (Å²) in [5.41, 5.74) is 6.55. The van der Waals surface area contributed by atoms with Gasteiger partial charge in [0.05, 0.1) is 11.0 Å². The van der Waals surface area contributed by atoms with Gasteiger partial charge in [0.25, 0.3) is 0 Å². The van der Waals surface area contributed by atoms with E-state index >= 15 is 0 Å². The zero-order chi connectivity index (χ0) is 15.6. The topological polar surface area (TPSA) is 107 Å². The van der Waals surface area contributed by atoms with Crippen LogP contribution in [0, 0.1) is 17.0 Å². The van der Waals surface area contributed by atoms with Crippen molar-refractivity contribution in [1.82, 2.24) is 9.97 Å². The Bertz CT molecular complexity index is 671. The molecule has 0 spiro atoms. The van der Waals surface area contributed by atoms with Gasteiger partial charge in [-0.1, -0.05) is 6.92 Å². The highest BCUT2D eigenvalue weighted by molar-refractivity contribution is 7.12. The molecular weight excluding hydrogens is 290 g/mol.